The third kappa shape index (κ3) is 2.82. The lowest BCUT2D eigenvalue weighted by molar-refractivity contribution is -0.116. The summed E-state index contributed by atoms with van der Waals surface area (Å²) < 4.78 is 13.9. The van der Waals surface area contributed by atoms with Crippen LogP contribution < -0.4 is 10.2 Å². The average molecular weight is 335 g/mol. The highest BCUT2D eigenvalue weighted by molar-refractivity contribution is 5.94. The Kier molecular flexibility index (Phi) is 3.84. The molecule has 1 aromatic heterocycles. The van der Waals surface area contributed by atoms with Gasteiger partial charge in [-0.3, -0.25) is 9.78 Å². The topological polar surface area (TPSA) is 45.2 Å². The molecule has 0 saturated heterocycles. The Hall–Kier alpha value is -2.95. The molecule has 0 spiro atoms. The van der Waals surface area contributed by atoms with E-state index in [2.05, 4.69) is 16.4 Å². The summed E-state index contributed by atoms with van der Waals surface area (Å²) in [7, 11) is 0. The number of amides is 1. The largest absolute Gasteiger partial charge is 0.381 e. The zero-order valence-corrected chi connectivity index (χ0v) is 13.9. The van der Waals surface area contributed by atoms with Gasteiger partial charge >= 0.3 is 0 Å². The van der Waals surface area contributed by atoms with Crippen molar-refractivity contribution in [1.29, 1.82) is 0 Å². The molecular weight excluding hydrogens is 317 g/mol. The SMILES string of the molecule is CC(=O)N1CCc2cc(NCc3ccc(F)c4cccnc34)ccc21. The first-order valence-corrected chi connectivity index (χ1v) is 8.30. The van der Waals surface area contributed by atoms with E-state index in [1.807, 2.05) is 12.1 Å². The maximum atomic E-state index is 13.9. The lowest BCUT2D eigenvalue weighted by Crippen LogP contribution is -2.25. The van der Waals surface area contributed by atoms with Gasteiger partial charge < -0.3 is 10.2 Å². The summed E-state index contributed by atoms with van der Waals surface area (Å²) in [6.45, 7) is 2.89. The lowest BCUT2D eigenvalue weighted by Gasteiger charge is -2.15. The Morgan fingerprint density at radius 3 is 3.00 bits per heavy atom. The van der Waals surface area contributed by atoms with Crippen LogP contribution in [0.25, 0.3) is 10.9 Å². The third-order valence-electron chi connectivity index (χ3n) is 4.64. The van der Waals surface area contributed by atoms with E-state index in [0.29, 0.717) is 17.4 Å². The molecule has 1 aliphatic rings. The van der Waals surface area contributed by atoms with Gasteiger partial charge in [-0.2, -0.15) is 0 Å². The van der Waals surface area contributed by atoms with Crippen molar-refractivity contribution in [3.8, 4) is 0 Å². The van der Waals surface area contributed by atoms with Crippen molar-refractivity contribution in [2.45, 2.75) is 19.9 Å². The number of hydrogen-bond acceptors (Lipinski definition) is 3. The van der Waals surface area contributed by atoms with E-state index in [0.717, 1.165) is 29.9 Å². The van der Waals surface area contributed by atoms with E-state index in [1.165, 1.54) is 11.6 Å². The van der Waals surface area contributed by atoms with Gasteiger partial charge in [-0.1, -0.05) is 6.07 Å². The Morgan fingerprint density at radius 1 is 1.28 bits per heavy atom. The van der Waals surface area contributed by atoms with E-state index in [1.54, 1.807) is 36.2 Å². The number of carbonyl (C=O) groups excluding carboxylic acids is 1. The molecule has 0 saturated carbocycles. The van der Waals surface area contributed by atoms with Crippen LogP contribution >= 0.6 is 0 Å². The van der Waals surface area contributed by atoms with Crippen LogP contribution in [0.1, 0.15) is 18.1 Å². The number of hydrogen-bond donors (Lipinski definition) is 1. The highest BCUT2D eigenvalue weighted by Crippen LogP contribution is 2.31. The molecule has 3 aromatic rings. The third-order valence-corrected chi connectivity index (χ3v) is 4.64. The average Bonchev–Trinajstić information content (AvgIpc) is 3.05. The molecule has 0 bridgehead atoms. The zero-order chi connectivity index (χ0) is 17.4. The molecule has 0 atom stereocenters. The molecule has 2 heterocycles. The molecule has 2 aromatic carbocycles. The van der Waals surface area contributed by atoms with Crippen molar-refractivity contribution in [1.82, 2.24) is 4.98 Å². The summed E-state index contributed by atoms with van der Waals surface area (Å²) in [4.78, 5) is 17.7. The fraction of sp³-hybridized carbons (Fsp3) is 0.200. The number of carbonyl (C=O) groups is 1. The van der Waals surface area contributed by atoms with Crippen LogP contribution in [0.5, 0.6) is 0 Å². The van der Waals surface area contributed by atoms with Crippen LogP contribution in [0.4, 0.5) is 15.8 Å². The number of rotatable bonds is 3. The summed E-state index contributed by atoms with van der Waals surface area (Å²) in [5.74, 6) is -0.183. The number of aromatic nitrogens is 1. The lowest BCUT2D eigenvalue weighted by atomic mass is 10.1. The summed E-state index contributed by atoms with van der Waals surface area (Å²) in [6, 6.07) is 12.8. The first kappa shape index (κ1) is 15.6. The molecule has 0 fully saturated rings. The van der Waals surface area contributed by atoms with E-state index in [-0.39, 0.29) is 11.7 Å². The van der Waals surface area contributed by atoms with Crippen molar-refractivity contribution < 1.29 is 9.18 Å². The van der Waals surface area contributed by atoms with Gasteiger partial charge in [0.25, 0.3) is 0 Å². The monoisotopic (exact) mass is 335 g/mol. The van der Waals surface area contributed by atoms with Crippen molar-refractivity contribution in [3.05, 3.63) is 65.6 Å². The second-order valence-electron chi connectivity index (χ2n) is 6.22. The number of fused-ring (bicyclic) bond motifs is 2. The van der Waals surface area contributed by atoms with Gasteiger partial charge in [0, 0.05) is 43.0 Å². The maximum absolute atomic E-state index is 13.9. The van der Waals surface area contributed by atoms with Gasteiger partial charge in [0.05, 0.1) is 5.52 Å². The van der Waals surface area contributed by atoms with E-state index in [4.69, 9.17) is 0 Å². The van der Waals surface area contributed by atoms with Crippen LogP contribution in [0.2, 0.25) is 0 Å². The molecular formula is C20H18FN3O. The smallest absolute Gasteiger partial charge is 0.223 e. The second kappa shape index (κ2) is 6.16. The summed E-state index contributed by atoms with van der Waals surface area (Å²) in [5.41, 5.74) is 4.77. The van der Waals surface area contributed by atoms with E-state index in [9.17, 15) is 9.18 Å². The first-order chi connectivity index (χ1) is 12.1. The molecule has 4 rings (SSSR count). The van der Waals surface area contributed by atoms with Crippen LogP contribution in [0.15, 0.2) is 48.7 Å². The van der Waals surface area contributed by atoms with Crippen LogP contribution in [0.3, 0.4) is 0 Å². The molecule has 0 radical (unpaired) electrons. The Morgan fingerprint density at radius 2 is 2.16 bits per heavy atom. The molecule has 1 aliphatic heterocycles. The van der Waals surface area contributed by atoms with Crippen LogP contribution in [-0.4, -0.2) is 17.4 Å². The number of anilines is 2. The first-order valence-electron chi connectivity index (χ1n) is 8.30. The van der Waals surface area contributed by atoms with Crippen molar-refractivity contribution in [2.75, 3.05) is 16.8 Å². The Labute approximate surface area is 145 Å². The van der Waals surface area contributed by atoms with Gasteiger partial charge in [0.2, 0.25) is 5.91 Å². The minimum absolute atomic E-state index is 0.0725. The molecule has 5 heteroatoms. The number of halogens is 1. The van der Waals surface area contributed by atoms with Gasteiger partial charge in [0.1, 0.15) is 5.82 Å². The molecule has 0 unspecified atom stereocenters. The highest BCUT2D eigenvalue weighted by atomic mass is 19.1. The van der Waals surface area contributed by atoms with Gasteiger partial charge in [-0.25, -0.2) is 4.39 Å². The number of nitrogens with one attached hydrogen (secondary N) is 1. The normalized spacial score (nSPS) is 13.1. The Balaban J connectivity index is 1.57. The second-order valence-corrected chi connectivity index (χ2v) is 6.22. The van der Waals surface area contributed by atoms with E-state index < -0.39 is 0 Å². The number of benzene rings is 2. The van der Waals surface area contributed by atoms with Crippen LogP contribution in [0, 0.1) is 5.82 Å². The predicted molar refractivity (Wildman–Crippen MR) is 97.2 cm³/mol. The summed E-state index contributed by atoms with van der Waals surface area (Å²) >= 11 is 0. The molecule has 4 nitrogen and oxygen atoms in total. The van der Waals surface area contributed by atoms with Crippen molar-refractivity contribution in [3.63, 3.8) is 0 Å². The fourth-order valence-electron chi connectivity index (χ4n) is 3.38. The van der Waals surface area contributed by atoms with E-state index >= 15 is 0 Å². The summed E-state index contributed by atoms with van der Waals surface area (Å²) in [5, 5.41) is 3.92. The quantitative estimate of drug-likeness (QED) is 0.790. The Bertz CT molecular complexity index is 970. The molecule has 0 aliphatic carbocycles. The number of nitrogens with zero attached hydrogens (tertiary/aromatic N) is 2. The number of pyridine rings is 1. The van der Waals surface area contributed by atoms with Crippen molar-refractivity contribution >= 4 is 28.2 Å². The fourth-order valence-corrected chi connectivity index (χ4v) is 3.38. The molecule has 126 valence electrons. The van der Waals surface area contributed by atoms with Gasteiger partial charge in [0.15, 0.2) is 0 Å². The van der Waals surface area contributed by atoms with Crippen LogP contribution in [-0.2, 0) is 17.8 Å². The molecule has 1 N–H and O–H groups in total. The standard InChI is InChI=1S/C20H18FN3O/c1-13(25)24-10-8-14-11-16(5-7-19(14)24)23-12-15-4-6-18(21)17-3-2-9-22-20(15)17/h2-7,9,11,23H,8,10,12H2,1H3. The minimum Gasteiger partial charge on any atom is -0.381 e. The zero-order valence-electron chi connectivity index (χ0n) is 13.9. The van der Waals surface area contributed by atoms with Gasteiger partial charge in [-0.15, -0.1) is 0 Å². The van der Waals surface area contributed by atoms with Gasteiger partial charge in [-0.05, 0) is 53.9 Å². The summed E-state index contributed by atoms with van der Waals surface area (Å²) in [6.07, 6.45) is 2.54. The maximum Gasteiger partial charge on any atom is 0.223 e. The predicted octanol–water partition coefficient (Wildman–Crippen LogP) is 3.90. The van der Waals surface area contributed by atoms with Crippen molar-refractivity contribution in [2.24, 2.45) is 0 Å². The molecule has 25 heavy (non-hydrogen) atoms. The highest BCUT2D eigenvalue weighted by Gasteiger charge is 2.22. The molecule has 1 amide bonds. The minimum atomic E-state index is -0.256.